The van der Waals surface area contributed by atoms with E-state index in [1.807, 2.05) is 34.6 Å². The number of ketones is 2. The van der Waals surface area contributed by atoms with Gasteiger partial charge < -0.3 is 14.2 Å². The van der Waals surface area contributed by atoms with Crippen molar-refractivity contribution in [1.82, 2.24) is 0 Å². The van der Waals surface area contributed by atoms with Crippen molar-refractivity contribution >= 4 is 33.5 Å². The number of halogens is 1. The summed E-state index contributed by atoms with van der Waals surface area (Å²) in [5.74, 6) is -0.652. The number of esters is 1. The maximum Gasteiger partial charge on any atom is 0.338 e. The Morgan fingerprint density at radius 1 is 0.977 bits per heavy atom. The van der Waals surface area contributed by atoms with Gasteiger partial charge in [0.05, 0.1) is 18.2 Å². The first kappa shape index (κ1) is 33.8. The van der Waals surface area contributed by atoms with Crippen LogP contribution in [0.1, 0.15) is 86.6 Å². The standard InChI is InChI=1S/C36H41BrO6/c1-23(2)15-18-36(19-16-24(3)4)20-17-29(41-7)32(34(36)39)33(38)31-27(9-8-10-30(31)42-21-25(5)6)22-43-35(40)26-11-13-28(37)14-12-26/h8-16H,5,17-22H2,1-4,6-7H3. The van der Waals surface area contributed by atoms with E-state index in [2.05, 4.69) is 34.7 Å². The Bertz CT molecular complexity index is 1450. The topological polar surface area (TPSA) is 78.9 Å². The van der Waals surface area contributed by atoms with Crippen LogP contribution in [0, 0.1) is 5.41 Å². The summed E-state index contributed by atoms with van der Waals surface area (Å²) in [7, 11) is 1.49. The molecule has 2 aromatic rings. The number of Topliss-reactive ketones (excluding diaryl/α,β-unsaturated/α-hetero) is 2. The predicted molar refractivity (Wildman–Crippen MR) is 173 cm³/mol. The van der Waals surface area contributed by atoms with Gasteiger partial charge in [0.25, 0.3) is 0 Å². The normalized spacial score (nSPS) is 14.1. The molecule has 6 nitrogen and oxygen atoms in total. The van der Waals surface area contributed by atoms with E-state index in [1.54, 1.807) is 42.5 Å². The van der Waals surface area contributed by atoms with Crippen molar-refractivity contribution in [3.8, 4) is 5.75 Å². The summed E-state index contributed by atoms with van der Waals surface area (Å²) in [4.78, 5) is 41.8. The van der Waals surface area contributed by atoms with Gasteiger partial charge in [-0.2, -0.15) is 0 Å². The van der Waals surface area contributed by atoms with E-state index in [0.29, 0.717) is 42.6 Å². The summed E-state index contributed by atoms with van der Waals surface area (Å²) < 4.78 is 18.2. The number of methoxy groups -OCH3 is 1. The Balaban J connectivity index is 2.10. The van der Waals surface area contributed by atoms with Crippen LogP contribution >= 0.6 is 15.9 Å². The number of rotatable bonds is 13. The lowest BCUT2D eigenvalue weighted by Gasteiger charge is -2.36. The monoisotopic (exact) mass is 648 g/mol. The van der Waals surface area contributed by atoms with E-state index < -0.39 is 17.2 Å². The minimum atomic E-state index is -0.788. The van der Waals surface area contributed by atoms with Crippen LogP contribution in [0.5, 0.6) is 5.75 Å². The molecule has 0 spiro atoms. The third kappa shape index (κ3) is 8.66. The van der Waals surface area contributed by atoms with Crippen LogP contribution in [0.15, 0.2) is 93.7 Å². The highest BCUT2D eigenvalue weighted by Crippen LogP contribution is 2.45. The zero-order valence-electron chi connectivity index (χ0n) is 26.0. The Morgan fingerprint density at radius 3 is 2.16 bits per heavy atom. The van der Waals surface area contributed by atoms with Crippen LogP contribution < -0.4 is 4.74 Å². The van der Waals surface area contributed by atoms with E-state index >= 15 is 0 Å². The van der Waals surface area contributed by atoms with Gasteiger partial charge in [-0.05, 0) is 89.8 Å². The van der Waals surface area contributed by atoms with Gasteiger partial charge >= 0.3 is 5.97 Å². The Hall–Kier alpha value is -3.71. The Morgan fingerprint density at radius 2 is 1.60 bits per heavy atom. The van der Waals surface area contributed by atoms with Crippen LogP contribution in [0.2, 0.25) is 0 Å². The van der Waals surface area contributed by atoms with E-state index in [9.17, 15) is 14.4 Å². The van der Waals surface area contributed by atoms with Gasteiger partial charge in [-0.3, -0.25) is 9.59 Å². The van der Waals surface area contributed by atoms with E-state index in [0.717, 1.165) is 21.2 Å². The number of hydrogen-bond acceptors (Lipinski definition) is 6. The number of carbonyl (C=O) groups excluding carboxylic acids is 3. The summed E-state index contributed by atoms with van der Waals surface area (Å²) in [6, 6.07) is 11.9. The minimum Gasteiger partial charge on any atom is -0.500 e. The largest absolute Gasteiger partial charge is 0.500 e. The van der Waals surface area contributed by atoms with E-state index in [1.165, 1.54) is 7.11 Å². The van der Waals surface area contributed by atoms with Crippen LogP contribution in [0.4, 0.5) is 0 Å². The summed E-state index contributed by atoms with van der Waals surface area (Å²) in [5.41, 5.74) is 3.17. The molecule has 2 aromatic carbocycles. The van der Waals surface area contributed by atoms with Crippen LogP contribution in [-0.2, 0) is 20.9 Å². The SMILES string of the molecule is C=C(C)COc1cccc(COC(=O)c2ccc(Br)cc2)c1C(=O)C1=C(OC)CCC(CC=C(C)C)(CC=C(C)C)C1=O. The molecule has 0 N–H and O–H groups in total. The average Bonchev–Trinajstić information content (AvgIpc) is 2.97. The number of benzene rings is 2. The second-order valence-corrected chi connectivity index (χ2v) is 12.4. The molecule has 0 heterocycles. The number of carbonyl (C=O) groups is 3. The average molecular weight is 650 g/mol. The second-order valence-electron chi connectivity index (χ2n) is 11.5. The fourth-order valence-corrected chi connectivity index (χ4v) is 5.17. The molecule has 1 aliphatic carbocycles. The molecule has 0 aliphatic heterocycles. The third-order valence-corrected chi connectivity index (χ3v) is 7.87. The number of hydrogen-bond donors (Lipinski definition) is 0. The highest BCUT2D eigenvalue weighted by atomic mass is 79.9. The van der Waals surface area contributed by atoms with Crippen molar-refractivity contribution in [2.75, 3.05) is 13.7 Å². The van der Waals surface area contributed by atoms with Crippen molar-refractivity contribution in [2.24, 2.45) is 5.41 Å². The van der Waals surface area contributed by atoms with E-state index in [4.69, 9.17) is 14.2 Å². The molecule has 0 bridgehead atoms. The molecule has 43 heavy (non-hydrogen) atoms. The first-order chi connectivity index (χ1) is 20.4. The summed E-state index contributed by atoms with van der Waals surface area (Å²) in [5, 5.41) is 0. The number of allylic oxidation sites excluding steroid dienone is 6. The van der Waals surface area contributed by atoms with Gasteiger partial charge in [0.2, 0.25) is 5.78 Å². The minimum absolute atomic E-state index is 0.0184. The lowest BCUT2D eigenvalue weighted by atomic mass is 9.66. The summed E-state index contributed by atoms with van der Waals surface area (Å²) in [6.45, 7) is 13.7. The van der Waals surface area contributed by atoms with Gasteiger partial charge in [0.1, 0.15) is 30.3 Å². The fourth-order valence-electron chi connectivity index (χ4n) is 4.90. The lowest BCUT2D eigenvalue weighted by Crippen LogP contribution is -2.38. The number of ether oxygens (including phenoxy) is 3. The molecule has 0 fully saturated rings. The van der Waals surface area contributed by atoms with Crippen molar-refractivity contribution in [1.29, 1.82) is 0 Å². The maximum atomic E-state index is 14.5. The molecule has 0 aromatic heterocycles. The molecule has 1 aliphatic rings. The predicted octanol–water partition coefficient (Wildman–Crippen LogP) is 8.91. The van der Waals surface area contributed by atoms with Gasteiger partial charge in [0, 0.05) is 21.9 Å². The smallest absolute Gasteiger partial charge is 0.338 e. The van der Waals surface area contributed by atoms with Crippen molar-refractivity contribution in [3.05, 3.63) is 110 Å². The van der Waals surface area contributed by atoms with Crippen molar-refractivity contribution < 1.29 is 28.6 Å². The molecule has 0 atom stereocenters. The van der Waals surface area contributed by atoms with E-state index in [-0.39, 0.29) is 35.9 Å². The van der Waals surface area contributed by atoms with Gasteiger partial charge in [-0.15, -0.1) is 0 Å². The molecule has 228 valence electrons. The van der Waals surface area contributed by atoms with Crippen molar-refractivity contribution in [3.63, 3.8) is 0 Å². The summed E-state index contributed by atoms with van der Waals surface area (Å²) in [6.07, 6.45) is 6.15. The molecule has 0 saturated heterocycles. The fraction of sp³-hybridized carbons (Fsp3) is 0.361. The Labute approximate surface area is 263 Å². The Kier molecular flexibility index (Phi) is 11.9. The van der Waals surface area contributed by atoms with Gasteiger partial charge in [-0.25, -0.2) is 4.79 Å². The first-order valence-corrected chi connectivity index (χ1v) is 15.1. The maximum absolute atomic E-state index is 14.5. The second kappa shape index (κ2) is 15.1. The molecule has 7 heteroatoms. The van der Waals surface area contributed by atoms with Gasteiger partial charge in [-0.1, -0.05) is 57.9 Å². The molecule has 0 saturated carbocycles. The molecule has 0 amide bonds. The first-order valence-electron chi connectivity index (χ1n) is 14.3. The molecular weight excluding hydrogens is 608 g/mol. The zero-order chi connectivity index (χ0) is 31.7. The molecule has 0 radical (unpaired) electrons. The molecule has 3 rings (SSSR count). The van der Waals surface area contributed by atoms with Crippen LogP contribution in [0.25, 0.3) is 0 Å². The quantitative estimate of drug-likeness (QED) is 0.0934. The molecular formula is C36H41BrO6. The van der Waals surface area contributed by atoms with Gasteiger partial charge in [0.15, 0.2) is 5.78 Å². The highest BCUT2D eigenvalue weighted by molar-refractivity contribution is 9.10. The summed E-state index contributed by atoms with van der Waals surface area (Å²) >= 11 is 3.37. The van der Waals surface area contributed by atoms with Crippen LogP contribution in [-0.4, -0.2) is 31.3 Å². The van der Waals surface area contributed by atoms with Crippen molar-refractivity contribution in [2.45, 2.75) is 66.9 Å². The van der Waals surface area contributed by atoms with Crippen LogP contribution in [0.3, 0.4) is 0 Å². The zero-order valence-corrected chi connectivity index (χ0v) is 27.6. The molecule has 0 unspecified atom stereocenters. The highest BCUT2D eigenvalue weighted by Gasteiger charge is 2.46. The third-order valence-electron chi connectivity index (χ3n) is 7.35. The lowest BCUT2D eigenvalue weighted by molar-refractivity contribution is -0.126.